The van der Waals surface area contributed by atoms with Crippen molar-refractivity contribution in [3.05, 3.63) is 28.3 Å². The summed E-state index contributed by atoms with van der Waals surface area (Å²) < 4.78 is 26.0. The highest BCUT2D eigenvalue weighted by atomic mass is 35.5. The van der Waals surface area contributed by atoms with Crippen molar-refractivity contribution in [2.24, 2.45) is 5.73 Å². The van der Waals surface area contributed by atoms with Gasteiger partial charge in [-0.2, -0.15) is 0 Å². The lowest BCUT2D eigenvalue weighted by molar-refractivity contribution is 0.413. The first-order valence-corrected chi connectivity index (χ1v) is 3.95. The molecule has 1 aromatic carbocycles. The second kappa shape index (κ2) is 3.47. The Morgan fingerprint density at radius 3 is 2.54 bits per heavy atom. The first kappa shape index (κ1) is 10.2. The molecule has 0 bridgehead atoms. The van der Waals surface area contributed by atoms with Gasteiger partial charge in [-0.3, -0.25) is 0 Å². The van der Waals surface area contributed by atoms with Gasteiger partial charge in [0.1, 0.15) is 5.82 Å². The minimum Gasteiger partial charge on any atom is -0.505 e. The van der Waals surface area contributed by atoms with Crippen LogP contribution in [-0.2, 0) is 0 Å². The number of benzene rings is 1. The van der Waals surface area contributed by atoms with Crippen LogP contribution in [0.25, 0.3) is 0 Å². The van der Waals surface area contributed by atoms with E-state index in [4.69, 9.17) is 22.4 Å². The lowest BCUT2D eigenvalue weighted by atomic mass is 10.1. The molecule has 1 unspecified atom stereocenters. The van der Waals surface area contributed by atoms with Crippen LogP contribution in [0.5, 0.6) is 5.75 Å². The summed E-state index contributed by atoms with van der Waals surface area (Å²) in [5.41, 5.74) is 5.03. The third-order valence-electron chi connectivity index (χ3n) is 1.64. The van der Waals surface area contributed by atoms with Crippen LogP contribution in [0.4, 0.5) is 8.78 Å². The Morgan fingerprint density at radius 1 is 1.54 bits per heavy atom. The minimum atomic E-state index is -0.973. The molecule has 0 aliphatic rings. The van der Waals surface area contributed by atoms with E-state index in [1.165, 1.54) is 6.92 Å². The fourth-order valence-corrected chi connectivity index (χ4v) is 1.22. The summed E-state index contributed by atoms with van der Waals surface area (Å²) in [5.74, 6) is -2.63. The Morgan fingerprint density at radius 2 is 2.08 bits per heavy atom. The Labute approximate surface area is 78.9 Å². The van der Waals surface area contributed by atoms with Crippen LogP contribution >= 0.6 is 11.6 Å². The summed E-state index contributed by atoms with van der Waals surface area (Å²) in [6.45, 7) is 1.42. The average molecular weight is 208 g/mol. The van der Waals surface area contributed by atoms with Gasteiger partial charge in [0.15, 0.2) is 11.6 Å². The SMILES string of the molecule is CC(N)c1c(O)c(F)cc(Cl)c1F. The van der Waals surface area contributed by atoms with Gasteiger partial charge < -0.3 is 10.8 Å². The van der Waals surface area contributed by atoms with Gasteiger partial charge in [0, 0.05) is 6.04 Å². The smallest absolute Gasteiger partial charge is 0.166 e. The largest absolute Gasteiger partial charge is 0.505 e. The third kappa shape index (κ3) is 1.73. The van der Waals surface area contributed by atoms with E-state index in [1.807, 2.05) is 0 Å². The number of rotatable bonds is 1. The number of aromatic hydroxyl groups is 1. The lowest BCUT2D eigenvalue weighted by Gasteiger charge is -2.11. The molecular formula is C8H8ClF2NO. The van der Waals surface area contributed by atoms with Crippen LogP contribution in [0.1, 0.15) is 18.5 Å². The molecule has 1 aromatic rings. The van der Waals surface area contributed by atoms with Gasteiger partial charge in [0.2, 0.25) is 0 Å². The monoisotopic (exact) mass is 207 g/mol. The normalized spacial score (nSPS) is 13.0. The molecule has 2 nitrogen and oxygen atoms in total. The molecule has 3 N–H and O–H groups in total. The number of hydrogen-bond donors (Lipinski definition) is 2. The molecule has 72 valence electrons. The minimum absolute atomic E-state index is 0.301. The van der Waals surface area contributed by atoms with Crippen LogP contribution < -0.4 is 5.73 Å². The van der Waals surface area contributed by atoms with Gasteiger partial charge in [-0.1, -0.05) is 11.6 Å². The Hall–Kier alpha value is -0.870. The summed E-state index contributed by atoms with van der Waals surface area (Å²) in [7, 11) is 0. The molecule has 0 spiro atoms. The highest BCUT2D eigenvalue weighted by molar-refractivity contribution is 6.30. The van der Waals surface area contributed by atoms with Crippen molar-refractivity contribution in [1.29, 1.82) is 0 Å². The van der Waals surface area contributed by atoms with Crippen LogP contribution in [0.3, 0.4) is 0 Å². The van der Waals surface area contributed by atoms with Crippen molar-refractivity contribution in [2.45, 2.75) is 13.0 Å². The van der Waals surface area contributed by atoms with Crippen molar-refractivity contribution >= 4 is 11.6 Å². The predicted octanol–water partition coefficient (Wildman–Crippen LogP) is 2.34. The second-order valence-corrected chi connectivity index (χ2v) is 3.11. The van der Waals surface area contributed by atoms with Crippen molar-refractivity contribution < 1.29 is 13.9 Å². The van der Waals surface area contributed by atoms with Crippen molar-refractivity contribution in [3.8, 4) is 5.75 Å². The van der Waals surface area contributed by atoms with Gasteiger partial charge in [-0.05, 0) is 13.0 Å². The van der Waals surface area contributed by atoms with Crippen LogP contribution in [0.2, 0.25) is 5.02 Å². The van der Waals surface area contributed by atoms with Crippen LogP contribution in [-0.4, -0.2) is 5.11 Å². The summed E-state index contributed by atoms with van der Waals surface area (Å²) >= 11 is 5.35. The zero-order valence-electron chi connectivity index (χ0n) is 6.81. The Kier molecular flexibility index (Phi) is 2.73. The quantitative estimate of drug-likeness (QED) is 0.695. The molecule has 1 atom stereocenters. The van der Waals surface area contributed by atoms with Gasteiger partial charge >= 0.3 is 0 Å². The van der Waals surface area contributed by atoms with Gasteiger partial charge in [-0.25, -0.2) is 8.78 Å². The van der Waals surface area contributed by atoms with E-state index in [-0.39, 0.29) is 10.6 Å². The van der Waals surface area contributed by atoms with E-state index < -0.39 is 23.4 Å². The van der Waals surface area contributed by atoms with E-state index in [0.29, 0.717) is 6.07 Å². The third-order valence-corrected chi connectivity index (χ3v) is 1.91. The van der Waals surface area contributed by atoms with Crippen molar-refractivity contribution in [2.75, 3.05) is 0 Å². The van der Waals surface area contributed by atoms with Gasteiger partial charge in [0.25, 0.3) is 0 Å². The predicted molar refractivity (Wildman–Crippen MR) is 45.6 cm³/mol. The number of hydrogen-bond acceptors (Lipinski definition) is 2. The van der Waals surface area contributed by atoms with Gasteiger partial charge in [-0.15, -0.1) is 0 Å². The van der Waals surface area contributed by atoms with Gasteiger partial charge in [0.05, 0.1) is 10.6 Å². The van der Waals surface area contributed by atoms with Crippen molar-refractivity contribution in [1.82, 2.24) is 0 Å². The highest BCUT2D eigenvalue weighted by Crippen LogP contribution is 2.32. The lowest BCUT2D eigenvalue weighted by Crippen LogP contribution is -2.09. The standard InChI is InChI=1S/C8H8ClF2NO/c1-3(12)6-7(11)4(9)2-5(10)8(6)13/h2-3,13H,12H2,1H3. The molecule has 0 aliphatic heterocycles. The molecule has 5 heteroatoms. The molecule has 1 rings (SSSR count). The maximum Gasteiger partial charge on any atom is 0.166 e. The number of phenols is 1. The van der Waals surface area contributed by atoms with E-state index in [9.17, 15) is 8.78 Å². The van der Waals surface area contributed by atoms with E-state index in [2.05, 4.69) is 0 Å². The Balaban J connectivity index is 3.46. The Bertz CT molecular complexity index is 315. The maximum atomic E-state index is 13.2. The summed E-state index contributed by atoms with van der Waals surface area (Å²) in [5, 5.41) is 8.73. The van der Waals surface area contributed by atoms with Crippen molar-refractivity contribution in [3.63, 3.8) is 0 Å². The second-order valence-electron chi connectivity index (χ2n) is 2.71. The first-order valence-electron chi connectivity index (χ1n) is 3.57. The van der Waals surface area contributed by atoms with Crippen LogP contribution in [0.15, 0.2) is 6.07 Å². The molecular weight excluding hydrogens is 200 g/mol. The number of phenolic OH excluding ortho intramolecular Hbond substituents is 1. The molecule has 0 aliphatic carbocycles. The summed E-state index contributed by atoms with van der Waals surface area (Å²) in [6.07, 6.45) is 0. The first-order chi connectivity index (χ1) is 5.95. The summed E-state index contributed by atoms with van der Waals surface area (Å²) in [4.78, 5) is 0. The molecule has 0 heterocycles. The topological polar surface area (TPSA) is 46.2 Å². The zero-order valence-corrected chi connectivity index (χ0v) is 7.57. The number of halogens is 3. The molecule has 0 aromatic heterocycles. The zero-order chi connectivity index (χ0) is 10.2. The maximum absolute atomic E-state index is 13.2. The highest BCUT2D eigenvalue weighted by Gasteiger charge is 2.19. The van der Waals surface area contributed by atoms with E-state index >= 15 is 0 Å². The fraction of sp³-hybridized carbons (Fsp3) is 0.250. The summed E-state index contributed by atoms with van der Waals surface area (Å²) in [6, 6.07) is -0.105. The van der Waals surface area contributed by atoms with E-state index in [1.54, 1.807) is 0 Å². The molecule has 0 fully saturated rings. The molecule has 0 radical (unpaired) electrons. The molecule has 0 saturated carbocycles. The fourth-order valence-electron chi connectivity index (χ4n) is 1.02. The molecule has 13 heavy (non-hydrogen) atoms. The average Bonchev–Trinajstić information content (AvgIpc) is 2.01. The number of nitrogens with two attached hydrogens (primary N) is 1. The van der Waals surface area contributed by atoms with Crippen LogP contribution in [0, 0.1) is 11.6 Å². The molecule has 0 saturated heterocycles. The van der Waals surface area contributed by atoms with E-state index in [0.717, 1.165) is 0 Å². The molecule has 0 amide bonds.